The molecule has 10 heteroatoms. The maximum atomic E-state index is 12.0. The molecule has 1 amide bonds. The van der Waals surface area contributed by atoms with Crippen molar-refractivity contribution in [3.63, 3.8) is 0 Å². The standard InChI is InChI=1S/C18H16N2O5S2.Na/c1-10-8-13(19-14(22)9-11(2)21)15-16(17(10)27(23,24)25)26-18(20-15)12-6-4-3-5-7-12;/h3-8H,9H2,1-2H3,(H,19,22)(H,23,24,25);/q;+1/p-1. The van der Waals surface area contributed by atoms with E-state index in [-0.39, 0.29) is 68.1 Å². The van der Waals surface area contributed by atoms with Gasteiger partial charge in [-0.1, -0.05) is 30.3 Å². The molecule has 0 fully saturated rings. The van der Waals surface area contributed by atoms with Crippen LogP contribution in [0.2, 0.25) is 0 Å². The van der Waals surface area contributed by atoms with Crippen LogP contribution in [-0.2, 0) is 19.7 Å². The Morgan fingerprint density at radius 1 is 1.21 bits per heavy atom. The molecule has 2 aromatic carbocycles. The summed E-state index contributed by atoms with van der Waals surface area (Å²) in [6, 6.07) is 10.5. The van der Waals surface area contributed by atoms with Crippen LogP contribution >= 0.6 is 11.3 Å². The monoisotopic (exact) mass is 426 g/mol. The molecule has 0 saturated heterocycles. The van der Waals surface area contributed by atoms with Crippen LogP contribution in [0.15, 0.2) is 41.3 Å². The molecule has 28 heavy (non-hydrogen) atoms. The van der Waals surface area contributed by atoms with Crippen molar-refractivity contribution in [3.05, 3.63) is 42.0 Å². The number of carbonyl (C=O) groups is 2. The van der Waals surface area contributed by atoms with Crippen molar-refractivity contribution in [2.45, 2.75) is 25.2 Å². The molecule has 0 bridgehead atoms. The Hall–Kier alpha value is -1.62. The molecule has 140 valence electrons. The van der Waals surface area contributed by atoms with Gasteiger partial charge < -0.3 is 9.87 Å². The Labute approximate surface area is 188 Å². The Morgan fingerprint density at radius 2 is 1.86 bits per heavy atom. The first-order valence-electron chi connectivity index (χ1n) is 7.91. The van der Waals surface area contributed by atoms with Gasteiger partial charge in [0.1, 0.15) is 26.4 Å². The van der Waals surface area contributed by atoms with Gasteiger partial charge in [0.25, 0.3) is 0 Å². The van der Waals surface area contributed by atoms with Gasteiger partial charge in [-0.3, -0.25) is 9.59 Å². The second kappa shape index (κ2) is 8.81. The summed E-state index contributed by atoms with van der Waals surface area (Å²) in [7, 11) is -4.74. The topological polar surface area (TPSA) is 116 Å². The maximum absolute atomic E-state index is 12.0. The van der Waals surface area contributed by atoms with Gasteiger partial charge in [-0.05, 0) is 25.5 Å². The smallest absolute Gasteiger partial charge is 0.744 e. The first-order chi connectivity index (χ1) is 12.7. The molecule has 0 atom stereocenters. The van der Waals surface area contributed by atoms with Crippen LogP contribution in [-0.4, -0.2) is 29.6 Å². The number of anilines is 1. The summed E-state index contributed by atoms with van der Waals surface area (Å²) in [4.78, 5) is 27.3. The molecule has 7 nitrogen and oxygen atoms in total. The second-order valence-electron chi connectivity index (χ2n) is 6.01. The molecule has 1 heterocycles. The SMILES string of the molecule is CC(=O)CC(=O)Nc1cc(C)c(S(=O)(=O)[O-])c2sc(-c3ccccc3)nc12.[Na+]. The van der Waals surface area contributed by atoms with Gasteiger partial charge in [0, 0.05) is 5.56 Å². The molecule has 0 aliphatic carbocycles. The number of nitrogens with one attached hydrogen (secondary N) is 1. The molecule has 1 N–H and O–H groups in total. The van der Waals surface area contributed by atoms with Gasteiger partial charge in [-0.25, -0.2) is 13.4 Å². The Kier molecular flexibility index (Phi) is 7.13. The van der Waals surface area contributed by atoms with Gasteiger partial charge in [0.15, 0.2) is 0 Å². The number of ketones is 1. The van der Waals surface area contributed by atoms with Crippen molar-refractivity contribution in [2.24, 2.45) is 0 Å². The van der Waals surface area contributed by atoms with E-state index < -0.39 is 16.0 Å². The van der Waals surface area contributed by atoms with Crippen LogP contribution in [0.1, 0.15) is 18.9 Å². The van der Waals surface area contributed by atoms with E-state index >= 15 is 0 Å². The molecule has 0 saturated carbocycles. The number of fused-ring (bicyclic) bond motifs is 1. The fraction of sp³-hybridized carbons (Fsp3) is 0.167. The third-order valence-corrected chi connectivity index (χ3v) is 6.04. The number of aryl methyl sites for hydroxylation is 1. The summed E-state index contributed by atoms with van der Waals surface area (Å²) in [5, 5.41) is 3.10. The summed E-state index contributed by atoms with van der Waals surface area (Å²) in [6.07, 6.45) is -0.308. The Bertz CT molecular complexity index is 1160. The quantitative estimate of drug-likeness (QED) is 0.351. The van der Waals surface area contributed by atoms with Gasteiger partial charge in [0.05, 0.1) is 21.7 Å². The second-order valence-corrected chi connectivity index (χ2v) is 8.33. The van der Waals surface area contributed by atoms with E-state index in [9.17, 15) is 22.6 Å². The number of nitrogens with zero attached hydrogens (tertiary/aromatic N) is 1. The summed E-state index contributed by atoms with van der Waals surface area (Å²) < 4.78 is 35.5. The molecule has 0 radical (unpaired) electrons. The third kappa shape index (κ3) is 4.86. The minimum atomic E-state index is -4.74. The number of hydrogen-bond donors (Lipinski definition) is 1. The number of amides is 1. The van der Waals surface area contributed by atoms with E-state index in [2.05, 4.69) is 10.3 Å². The zero-order valence-corrected chi connectivity index (χ0v) is 19.1. The fourth-order valence-corrected chi connectivity index (χ4v) is 5.02. The van der Waals surface area contributed by atoms with Crippen LogP contribution in [0.4, 0.5) is 5.69 Å². The van der Waals surface area contributed by atoms with E-state index in [1.807, 2.05) is 30.3 Å². The summed E-state index contributed by atoms with van der Waals surface area (Å²) in [5.74, 6) is -0.835. The number of Topliss-reactive ketones (excluding diaryl/α,β-unsaturated/α-hetero) is 1. The Balaban J connectivity index is 0.00000280. The van der Waals surface area contributed by atoms with Crippen molar-refractivity contribution < 1.29 is 52.1 Å². The predicted molar refractivity (Wildman–Crippen MR) is 102 cm³/mol. The number of carbonyl (C=O) groups excluding carboxylic acids is 2. The molecule has 0 spiro atoms. The van der Waals surface area contributed by atoms with Crippen molar-refractivity contribution in [2.75, 3.05) is 5.32 Å². The van der Waals surface area contributed by atoms with Crippen molar-refractivity contribution >= 4 is 49.0 Å². The summed E-state index contributed by atoms with van der Waals surface area (Å²) in [5.41, 5.74) is 1.43. The van der Waals surface area contributed by atoms with Gasteiger partial charge in [-0.15, -0.1) is 11.3 Å². The molecule has 0 aliphatic rings. The molecular weight excluding hydrogens is 411 g/mol. The zero-order valence-electron chi connectivity index (χ0n) is 15.5. The number of hydrogen-bond acceptors (Lipinski definition) is 7. The maximum Gasteiger partial charge on any atom is 1.00 e. The largest absolute Gasteiger partial charge is 1.00 e. The molecular formula is C18H15N2NaO5S2. The molecule has 3 rings (SSSR count). The number of benzene rings is 2. The van der Waals surface area contributed by atoms with E-state index in [1.165, 1.54) is 19.9 Å². The van der Waals surface area contributed by atoms with Gasteiger partial charge in [-0.2, -0.15) is 0 Å². The van der Waals surface area contributed by atoms with E-state index in [4.69, 9.17) is 0 Å². The molecule has 3 aromatic rings. The van der Waals surface area contributed by atoms with Crippen LogP contribution in [0, 0.1) is 6.92 Å². The molecule has 0 aliphatic heterocycles. The van der Waals surface area contributed by atoms with Crippen LogP contribution in [0.25, 0.3) is 20.8 Å². The first kappa shape index (κ1) is 22.7. The predicted octanol–water partition coefficient (Wildman–Crippen LogP) is 0.0974. The Morgan fingerprint density at radius 3 is 2.43 bits per heavy atom. The van der Waals surface area contributed by atoms with Crippen LogP contribution in [0.3, 0.4) is 0 Å². The molecule has 0 unspecified atom stereocenters. The van der Waals surface area contributed by atoms with Gasteiger partial charge in [0.2, 0.25) is 5.91 Å². The van der Waals surface area contributed by atoms with Crippen LogP contribution < -0.4 is 34.9 Å². The van der Waals surface area contributed by atoms with E-state index in [0.717, 1.165) is 16.9 Å². The fourth-order valence-electron chi connectivity index (χ4n) is 2.72. The third-order valence-electron chi connectivity index (χ3n) is 3.76. The average Bonchev–Trinajstić information content (AvgIpc) is 2.98. The summed E-state index contributed by atoms with van der Waals surface area (Å²) >= 11 is 1.06. The van der Waals surface area contributed by atoms with E-state index in [0.29, 0.717) is 5.01 Å². The first-order valence-corrected chi connectivity index (χ1v) is 10.1. The van der Waals surface area contributed by atoms with E-state index in [1.54, 1.807) is 0 Å². The minimum absolute atomic E-state index is 0. The van der Waals surface area contributed by atoms with Crippen molar-refractivity contribution in [1.82, 2.24) is 4.98 Å². The number of thiazole rings is 1. The van der Waals surface area contributed by atoms with Crippen molar-refractivity contribution in [1.29, 1.82) is 0 Å². The molecule has 1 aromatic heterocycles. The summed E-state index contributed by atoms with van der Waals surface area (Å²) in [6.45, 7) is 2.77. The van der Waals surface area contributed by atoms with Crippen molar-refractivity contribution in [3.8, 4) is 10.6 Å². The van der Waals surface area contributed by atoms with Crippen LogP contribution in [0.5, 0.6) is 0 Å². The normalized spacial score (nSPS) is 11.1. The number of aromatic nitrogens is 1. The van der Waals surface area contributed by atoms with Gasteiger partial charge >= 0.3 is 29.6 Å². The average molecular weight is 426 g/mol. The zero-order chi connectivity index (χ0) is 19.8. The number of rotatable bonds is 5. The minimum Gasteiger partial charge on any atom is -0.744 e.